The summed E-state index contributed by atoms with van der Waals surface area (Å²) in [6.07, 6.45) is 10.3. The number of aliphatic hydroxyl groups is 3. The van der Waals surface area contributed by atoms with Crippen molar-refractivity contribution in [2.24, 2.45) is 34.5 Å². The van der Waals surface area contributed by atoms with Crippen molar-refractivity contribution in [2.45, 2.75) is 143 Å². The minimum Gasteiger partial charge on any atom is -0.481 e. The SMILES string of the molecule is C.C.C.C.C.C.COC(=O)[C@@H](C)Cc1cc(CCl)ccn1.COC(=O)[C@@H](C)Cc1cc(CN=[N+]=[N-])ccn1.COC(=O)[C@@H](C)Cc1cc(CO)ccn1.C[C@@H](Cc1cc(CO)ccn1)C(=O)O.Cl.N[C@@H](Cc1cc(CO)ccn1)C(=O)O.P.P.PP.PP(P)P.PPP. The molecule has 14 atom stereocenters. The monoisotopic (exact) mass is 1560 g/mol. The van der Waals surface area contributed by atoms with Gasteiger partial charge >= 0.3 is 29.8 Å². The highest BCUT2D eigenvalue weighted by atomic mass is 35.5. The number of rotatable bonds is 21. The molecule has 5 rings (SSSR count). The number of carboxylic acids is 2. The van der Waals surface area contributed by atoms with Crippen LogP contribution < -0.4 is 5.73 Å². The van der Waals surface area contributed by atoms with Gasteiger partial charge in [0.15, 0.2) is 0 Å². The topological polar surface area (TPSA) is 353 Å². The van der Waals surface area contributed by atoms with E-state index < -0.39 is 23.9 Å². The Hall–Kier alpha value is -2.44. The van der Waals surface area contributed by atoms with Crippen LogP contribution in [0.1, 0.15) is 129 Å². The van der Waals surface area contributed by atoms with Crippen molar-refractivity contribution >= 4 is 151 Å². The van der Waals surface area contributed by atoms with Crippen LogP contribution in [0.3, 0.4) is 0 Å². The van der Waals surface area contributed by atoms with E-state index in [4.69, 9.17) is 48.4 Å². The largest absolute Gasteiger partial charge is 0.481 e. The highest BCUT2D eigenvalue weighted by molar-refractivity contribution is 8.65. The zero-order chi connectivity index (χ0) is 64.6. The smallest absolute Gasteiger partial charge is 0.320 e. The Kier molecular flexibility index (Phi) is 95.3. The standard InChI is InChI=1S/C11H14ClNO2.C11H14N4O2.C11H15NO3.C10H13NO3.C9H12N2O3.6CH4.ClH.H6P4.H5P3.H4P2.2H3P/c1-8(11(14)15-2)5-10-6-9(7-12)3-4-13-10;1-8(11(16)17-2)5-10-6-9(3-4-13-10)7-14-15-12;1-8(11(14)15-2)5-10-6-9(7-13)3-4-12-10;1-7(10(13)14)4-9-5-8(6-12)2-3-11-9;10-8(9(13)14)4-7-3-6(5-12)1-2-11-7;;;;;;;;1-4(2)3;1-3-2;1-2;;/h3-4,6,8H,5,7H2,1-2H3;3-4,6,8H,5,7H2,1-2H3;3-4,6,8,13H,5,7H2,1-2H3;2-3,5,7,12H,4,6H2,1H3,(H,13,14);1-3,8,12H,4-5,10H2,(H,13,14);6*1H4;1H;1-3H2;3H,1-2H2;1-2H2;2*1H3/t3*8-;7-;8-;;;;;;;;;;;;/m00000............/s1. The molecule has 0 spiro atoms. The quantitative estimate of drug-likeness (QED) is 0.00756. The summed E-state index contributed by atoms with van der Waals surface area (Å²) in [4.78, 5) is 77.8. The van der Waals surface area contributed by atoms with Gasteiger partial charge in [-0.3, -0.25) is 48.9 Å². The minimum atomic E-state index is -1.05. The van der Waals surface area contributed by atoms with Gasteiger partial charge in [-0.05, 0) is 101 Å². The van der Waals surface area contributed by atoms with Crippen LogP contribution in [0.2, 0.25) is 0 Å². The molecule has 93 heavy (non-hydrogen) atoms. The number of aliphatic carboxylic acids is 2. The van der Waals surface area contributed by atoms with Crippen molar-refractivity contribution in [3.63, 3.8) is 0 Å². The van der Waals surface area contributed by atoms with Crippen LogP contribution in [0.25, 0.3) is 10.4 Å². The summed E-state index contributed by atoms with van der Waals surface area (Å²) in [7, 11) is 22.8. The van der Waals surface area contributed by atoms with E-state index in [2.05, 4.69) is 112 Å². The first-order valence-electron chi connectivity index (χ1n) is 25.0. The van der Waals surface area contributed by atoms with Gasteiger partial charge in [0.25, 0.3) is 0 Å². The molecule has 5 aromatic heterocycles. The molecule has 0 saturated carbocycles. The van der Waals surface area contributed by atoms with E-state index in [9.17, 15) is 24.0 Å². The number of hydrogen-bond donors (Lipinski definition) is 6. The van der Waals surface area contributed by atoms with E-state index >= 15 is 0 Å². The van der Waals surface area contributed by atoms with Crippen molar-refractivity contribution in [3.05, 3.63) is 158 Å². The van der Waals surface area contributed by atoms with E-state index in [0.717, 1.165) is 47.3 Å². The molecule has 0 bridgehead atoms. The number of aliphatic hydroxyl groups excluding tert-OH is 3. The number of alkyl halides is 1. The van der Waals surface area contributed by atoms with Gasteiger partial charge in [-0.2, -0.15) is 19.8 Å². The van der Waals surface area contributed by atoms with Gasteiger partial charge in [0.05, 0.1) is 71.4 Å². The number of ether oxygens (including phenoxy) is 3. The van der Waals surface area contributed by atoms with Crippen molar-refractivity contribution in [1.29, 1.82) is 0 Å². The summed E-state index contributed by atoms with van der Waals surface area (Å²) in [5.41, 5.74) is 21.4. The Morgan fingerprint density at radius 1 is 0.548 bits per heavy atom. The fraction of sp³-hybridized carbons (Fsp3) is 0.483. The first kappa shape index (κ1) is 118. The normalized spacial score (nSPS) is 10.4. The molecule has 0 aliphatic heterocycles. The lowest BCUT2D eigenvalue weighted by atomic mass is 10.0. The Morgan fingerprint density at radius 2 is 0.785 bits per heavy atom. The summed E-state index contributed by atoms with van der Waals surface area (Å²) in [5, 5.41) is 47.4. The molecule has 0 amide bonds. The third kappa shape index (κ3) is 61.6. The lowest BCUT2D eigenvalue weighted by Gasteiger charge is -2.08. The van der Waals surface area contributed by atoms with Gasteiger partial charge in [-0.25, -0.2) is 0 Å². The van der Waals surface area contributed by atoms with Crippen LogP contribution in [-0.4, -0.2) is 108 Å². The van der Waals surface area contributed by atoms with E-state index in [0.29, 0.717) is 55.1 Å². The average molecular weight is 1560 g/mol. The highest BCUT2D eigenvalue weighted by Gasteiger charge is 2.17. The first-order chi connectivity index (χ1) is 39.9. The van der Waals surface area contributed by atoms with Crippen LogP contribution in [0.4, 0.5) is 0 Å². The Labute approximate surface area is 593 Å². The second kappa shape index (κ2) is 75.3. The third-order valence-electron chi connectivity index (χ3n) is 10.5. The maximum absolute atomic E-state index is 11.3. The van der Waals surface area contributed by atoms with Gasteiger partial charge in [-0.15, -0.1) is 86.5 Å². The van der Waals surface area contributed by atoms with Crippen LogP contribution in [-0.2, 0) is 103 Å². The second-order valence-corrected chi connectivity index (χ2v) is 33.6. The number of pyridine rings is 5. The number of hydrogen-bond acceptors (Lipinski definition) is 18. The number of aromatic nitrogens is 5. The molecule has 22 nitrogen and oxygen atoms in total. The zero-order valence-corrected chi connectivity index (χ0v) is 64.3. The van der Waals surface area contributed by atoms with Crippen LogP contribution in [0.15, 0.2) is 96.8 Å². The van der Waals surface area contributed by atoms with Crippen molar-refractivity contribution < 1.29 is 63.7 Å². The lowest BCUT2D eigenvalue weighted by molar-refractivity contribution is -0.145. The molecule has 5 heterocycles. The molecule has 0 aliphatic rings. The summed E-state index contributed by atoms with van der Waals surface area (Å²) in [6, 6.07) is 16.7. The molecule has 7 N–H and O–H groups in total. The summed E-state index contributed by atoms with van der Waals surface area (Å²) in [6.45, 7) is 7.31. The van der Waals surface area contributed by atoms with Crippen molar-refractivity contribution in [3.8, 4) is 0 Å². The van der Waals surface area contributed by atoms with Crippen LogP contribution in [0, 0.1) is 23.7 Å². The van der Waals surface area contributed by atoms with E-state index in [1.165, 1.54) is 27.5 Å². The van der Waals surface area contributed by atoms with Crippen LogP contribution >= 0.6 is 121 Å². The number of azide groups is 1. The molecule has 5 aromatic rings. The number of halogens is 2. The van der Waals surface area contributed by atoms with E-state index in [-0.39, 0.29) is 146 Å². The van der Waals surface area contributed by atoms with Crippen LogP contribution in [0.5, 0.6) is 0 Å². The van der Waals surface area contributed by atoms with Crippen molar-refractivity contribution in [1.82, 2.24) is 24.9 Å². The number of carboxylic acid groups (broad SMARTS) is 2. The maximum Gasteiger partial charge on any atom is 0.320 e. The van der Waals surface area contributed by atoms with Gasteiger partial charge in [0.1, 0.15) is 6.04 Å². The molecular weight excluding hydrogens is 1440 g/mol. The molecule has 0 aliphatic carbocycles. The summed E-state index contributed by atoms with van der Waals surface area (Å²) >= 11 is 5.71. The lowest BCUT2D eigenvalue weighted by Crippen LogP contribution is -2.32. The average Bonchev–Trinajstić information content (AvgIpc) is 2.07. The summed E-state index contributed by atoms with van der Waals surface area (Å²) < 4.78 is 13.9. The predicted octanol–water partition coefficient (Wildman–Crippen LogP) is 13.8. The Bertz CT molecular complexity index is 2580. The zero-order valence-electron chi connectivity index (χ0n) is 50.0. The molecular formula is C58H114Cl2N9O13P11. The summed E-state index contributed by atoms with van der Waals surface area (Å²) in [5.74, 6) is -3.21. The van der Waals surface area contributed by atoms with Crippen molar-refractivity contribution in [2.75, 3.05) is 21.3 Å². The number of carbonyl (C=O) groups excluding carboxylic acids is 3. The van der Waals surface area contributed by atoms with Gasteiger partial charge in [0.2, 0.25) is 0 Å². The third-order valence-corrected chi connectivity index (χ3v) is 10.8. The fourth-order valence-corrected chi connectivity index (χ4v) is 6.46. The highest BCUT2D eigenvalue weighted by Crippen LogP contribution is 2.59. The molecule has 9 unspecified atom stereocenters. The minimum absolute atomic E-state index is 0. The molecule has 0 saturated heterocycles. The number of carbonyl (C=O) groups is 5. The molecule has 538 valence electrons. The van der Waals surface area contributed by atoms with Gasteiger partial charge in [0, 0.05) is 102 Å². The van der Waals surface area contributed by atoms with E-state index in [1.54, 1.807) is 88.0 Å². The molecule has 0 aromatic carbocycles. The molecule has 0 fully saturated rings. The number of nitrogens with two attached hydrogens (primary N) is 1. The second-order valence-electron chi connectivity index (χ2n) is 17.4. The van der Waals surface area contributed by atoms with Gasteiger partial charge in [-0.1, -0.05) is 85.3 Å². The van der Waals surface area contributed by atoms with Gasteiger partial charge < -0.3 is 45.5 Å². The first-order valence-corrected chi connectivity index (χ1v) is 39.0. The Morgan fingerprint density at radius 3 is 1.02 bits per heavy atom. The molecule has 35 heteroatoms. The number of nitrogens with zero attached hydrogens (tertiary/aromatic N) is 8. The number of methoxy groups -OCH3 is 3. The number of esters is 3. The molecule has 0 radical (unpaired) electrons. The maximum atomic E-state index is 11.3. The predicted molar refractivity (Wildman–Crippen MR) is 429 cm³/mol. The Balaban J connectivity index is -0.0000000834. The van der Waals surface area contributed by atoms with E-state index in [1.807, 2.05) is 25.1 Å². The fourth-order valence-electron chi connectivity index (χ4n) is 6.30.